The summed E-state index contributed by atoms with van der Waals surface area (Å²) >= 11 is 0. The molecule has 1 atom stereocenters. The van der Waals surface area contributed by atoms with Gasteiger partial charge in [0.25, 0.3) is 0 Å². The Morgan fingerprint density at radius 1 is 1.44 bits per heavy atom. The van der Waals surface area contributed by atoms with Gasteiger partial charge in [-0.3, -0.25) is 0 Å². The third-order valence-electron chi connectivity index (χ3n) is 3.02. The van der Waals surface area contributed by atoms with Crippen LogP contribution in [0.2, 0.25) is 0 Å². The van der Waals surface area contributed by atoms with Crippen LogP contribution in [0.4, 0.5) is 4.79 Å². The van der Waals surface area contributed by atoms with Crippen LogP contribution in [0.3, 0.4) is 0 Å². The Bertz CT molecular complexity index is 374. The summed E-state index contributed by atoms with van der Waals surface area (Å²) in [6, 6.07) is 8.24. The second-order valence-corrected chi connectivity index (χ2v) is 4.16. The number of rotatable bonds is 2. The van der Waals surface area contributed by atoms with Crippen LogP contribution in [0.1, 0.15) is 23.6 Å². The minimum Gasteiger partial charge on any atom is -0.331 e. The molecule has 2 amide bonds. The van der Waals surface area contributed by atoms with Crippen molar-refractivity contribution >= 4 is 6.03 Å². The highest BCUT2D eigenvalue weighted by atomic mass is 16.2. The van der Waals surface area contributed by atoms with Crippen molar-refractivity contribution in [2.75, 3.05) is 13.6 Å². The van der Waals surface area contributed by atoms with Crippen molar-refractivity contribution in [1.82, 2.24) is 10.2 Å². The monoisotopic (exact) mass is 219 g/mol. The molecule has 86 valence electrons. The van der Waals surface area contributed by atoms with Gasteiger partial charge in [-0.2, -0.15) is 0 Å². The number of benzene rings is 1. The normalized spacial score (nSPS) is 20.8. The molecular formula is C12H17N3O. The largest absolute Gasteiger partial charge is 0.331 e. The molecule has 1 unspecified atom stereocenters. The van der Waals surface area contributed by atoms with Crippen molar-refractivity contribution < 1.29 is 4.79 Å². The first-order valence-corrected chi connectivity index (χ1v) is 5.51. The Labute approximate surface area is 95.4 Å². The Balaban J connectivity index is 2.09. The van der Waals surface area contributed by atoms with E-state index in [-0.39, 0.29) is 12.1 Å². The molecule has 3 N–H and O–H groups in total. The van der Waals surface area contributed by atoms with E-state index in [0.717, 1.165) is 24.1 Å². The average molecular weight is 219 g/mol. The summed E-state index contributed by atoms with van der Waals surface area (Å²) in [7, 11) is 1.81. The quantitative estimate of drug-likeness (QED) is 0.786. The van der Waals surface area contributed by atoms with Crippen molar-refractivity contribution in [2.45, 2.75) is 19.0 Å². The molecule has 2 rings (SSSR count). The summed E-state index contributed by atoms with van der Waals surface area (Å²) in [5.74, 6) is 0. The first kappa shape index (κ1) is 11.0. The van der Waals surface area contributed by atoms with Gasteiger partial charge in [-0.25, -0.2) is 4.79 Å². The fraction of sp³-hybridized carbons (Fsp3) is 0.417. The number of urea groups is 1. The van der Waals surface area contributed by atoms with E-state index in [1.54, 1.807) is 4.90 Å². The summed E-state index contributed by atoms with van der Waals surface area (Å²) in [5.41, 5.74) is 7.81. The maximum Gasteiger partial charge on any atom is 0.317 e. The van der Waals surface area contributed by atoms with Gasteiger partial charge in [-0.15, -0.1) is 0 Å². The van der Waals surface area contributed by atoms with Crippen molar-refractivity contribution in [2.24, 2.45) is 5.73 Å². The molecule has 0 bridgehead atoms. The number of amides is 2. The van der Waals surface area contributed by atoms with Crippen LogP contribution in [0.25, 0.3) is 0 Å². The lowest BCUT2D eigenvalue weighted by molar-refractivity contribution is 0.187. The fourth-order valence-electron chi connectivity index (χ4n) is 1.89. The standard InChI is InChI=1S/C12H17N3O/c1-15-7-6-11(14-12(15)16)10-4-2-9(8-13)3-5-10/h2-5,11H,6-8,13H2,1H3,(H,14,16). The zero-order chi connectivity index (χ0) is 11.5. The average Bonchev–Trinajstić information content (AvgIpc) is 2.33. The molecule has 0 radical (unpaired) electrons. The van der Waals surface area contributed by atoms with Crippen LogP contribution >= 0.6 is 0 Å². The lowest BCUT2D eigenvalue weighted by atomic mass is 10.0. The molecule has 1 heterocycles. The lowest BCUT2D eigenvalue weighted by Crippen LogP contribution is -2.45. The predicted octanol–water partition coefficient (Wildman–Crippen LogP) is 1.23. The summed E-state index contributed by atoms with van der Waals surface area (Å²) in [6.45, 7) is 1.36. The molecule has 16 heavy (non-hydrogen) atoms. The number of nitrogens with two attached hydrogens (primary N) is 1. The Morgan fingerprint density at radius 3 is 2.69 bits per heavy atom. The maximum absolute atomic E-state index is 11.5. The van der Waals surface area contributed by atoms with Crippen LogP contribution in [0.15, 0.2) is 24.3 Å². The van der Waals surface area contributed by atoms with Crippen molar-refractivity contribution in [1.29, 1.82) is 0 Å². The Kier molecular flexibility index (Phi) is 3.10. The van der Waals surface area contributed by atoms with Gasteiger partial charge < -0.3 is 16.0 Å². The van der Waals surface area contributed by atoms with E-state index in [2.05, 4.69) is 5.32 Å². The van der Waals surface area contributed by atoms with Crippen molar-refractivity contribution in [3.63, 3.8) is 0 Å². The van der Waals surface area contributed by atoms with Crippen LogP contribution in [-0.4, -0.2) is 24.5 Å². The third kappa shape index (κ3) is 2.17. The van der Waals surface area contributed by atoms with Crippen LogP contribution < -0.4 is 11.1 Å². The molecule has 0 spiro atoms. The van der Waals surface area contributed by atoms with Gasteiger partial charge in [-0.05, 0) is 17.5 Å². The summed E-state index contributed by atoms with van der Waals surface area (Å²) in [6.07, 6.45) is 0.949. The van der Waals surface area contributed by atoms with Crippen LogP contribution in [0.5, 0.6) is 0 Å². The molecule has 0 aromatic heterocycles. The number of hydrogen-bond acceptors (Lipinski definition) is 2. The molecule has 1 aromatic rings. The van der Waals surface area contributed by atoms with Gasteiger partial charge in [0.2, 0.25) is 0 Å². The fourth-order valence-corrected chi connectivity index (χ4v) is 1.89. The smallest absolute Gasteiger partial charge is 0.317 e. The van der Waals surface area contributed by atoms with Crippen molar-refractivity contribution in [3.8, 4) is 0 Å². The van der Waals surface area contributed by atoms with Crippen LogP contribution in [0, 0.1) is 0 Å². The molecule has 1 aliphatic rings. The van der Waals surface area contributed by atoms with Gasteiger partial charge in [-0.1, -0.05) is 24.3 Å². The second-order valence-electron chi connectivity index (χ2n) is 4.16. The summed E-state index contributed by atoms with van der Waals surface area (Å²) in [4.78, 5) is 13.2. The molecule has 1 saturated heterocycles. The first-order chi connectivity index (χ1) is 7.70. The zero-order valence-corrected chi connectivity index (χ0v) is 9.44. The minimum absolute atomic E-state index is 0.000786. The Hall–Kier alpha value is -1.55. The van der Waals surface area contributed by atoms with E-state index in [4.69, 9.17) is 5.73 Å². The highest BCUT2D eigenvalue weighted by Gasteiger charge is 2.22. The SMILES string of the molecule is CN1CCC(c2ccc(CN)cc2)NC1=O. The summed E-state index contributed by atoms with van der Waals surface area (Å²) in [5, 5.41) is 2.98. The second kappa shape index (κ2) is 4.53. The number of hydrogen-bond donors (Lipinski definition) is 2. The first-order valence-electron chi connectivity index (χ1n) is 5.51. The molecule has 1 aromatic carbocycles. The molecule has 0 saturated carbocycles. The predicted molar refractivity (Wildman–Crippen MR) is 62.9 cm³/mol. The minimum atomic E-state index is -0.000786. The summed E-state index contributed by atoms with van der Waals surface area (Å²) < 4.78 is 0. The molecule has 4 heteroatoms. The van der Waals surface area contributed by atoms with E-state index in [9.17, 15) is 4.79 Å². The van der Waals surface area contributed by atoms with Gasteiger partial charge in [0.15, 0.2) is 0 Å². The molecule has 1 aliphatic heterocycles. The van der Waals surface area contributed by atoms with Gasteiger partial charge in [0.1, 0.15) is 0 Å². The van der Waals surface area contributed by atoms with Gasteiger partial charge >= 0.3 is 6.03 Å². The highest BCUT2D eigenvalue weighted by Crippen LogP contribution is 2.20. The lowest BCUT2D eigenvalue weighted by Gasteiger charge is -2.30. The molecule has 0 aliphatic carbocycles. The maximum atomic E-state index is 11.5. The van der Waals surface area contributed by atoms with E-state index < -0.39 is 0 Å². The van der Waals surface area contributed by atoms with E-state index in [0.29, 0.717) is 6.54 Å². The number of nitrogens with zero attached hydrogens (tertiary/aromatic N) is 1. The van der Waals surface area contributed by atoms with Gasteiger partial charge in [0, 0.05) is 20.1 Å². The van der Waals surface area contributed by atoms with Gasteiger partial charge in [0.05, 0.1) is 6.04 Å². The Morgan fingerprint density at radius 2 is 2.12 bits per heavy atom. The molecule has 4 nitrogen and oxygen atoms in total. The zero-order valence-electron chi connectivity index (χ0n) is 9.44. The van der Waals surface area contributed by atoms with E-state index in [1.165, 1.54) is 0 Å². The van der Waals surface area contributed by atoms with Crippen LogP contribution in [-0.2, 0) is 6.54 Å². The highest BCUT2D eigenvalue weighted by molar-refractivity contribution is 5.75. The molecule has 1 fully saturated rings. The van der Waals surface area contributed by atoms with E-state index in [1.807, 2.05) is 31.3 Å². The van der Waals surface area contributed by atoms with Crippen molar-refractivity contribution in [3.05, 3.63) is 35.4 Å². The number of carbonyl (C=O) groups excluding carboxylic acids is 1. The van der Waals surface area contributed by atoms with E-state index >= 15 is 0 Å². The number of carbonyl (C=O) groups is 1. The third-order valence-corrected chi connectivity index (χ3v) is 3.02. The number of nitrogens with one attached hydrogen (secondary N) is 1. The molecular weight excluding hydrogens is 202 g/mol. The topological polar surface area (TPSA) is 58.4 Å².